The SMILES string of the molecule is O=C(c1ccccc1)N1CSC[C@]12C(=O)N(S(=O)(=O)c1ccccc1)[C@H]2c1ccccc1. The van der Waals surface area contributed by atoms with E-state index in [2.05, 4.69) is 0 Å². The number of sulfonamides is 1. The van der Waals surface area contributed by atoms with Crippen LogP contribution in [0.15, 0.2) is 95.9 Å². The van der Waals surface area contributed by atoms with Crippen LogP contribution in [0.5, 0.6) is 0 Å². The Hall–Kier alpha value is -3.10. The summed E-state index contributed by atoms with van der Waals surface area (Å²) in [6.45, 7) is 0. The zero-order valence-electron chi connectivity index (χ0n) is 17.0. The number of rotatable bonds is 4. The molecule has 1 spiro atoms. The largest absolute Gasteiger partial charge is 0.311 e. The van der Waals surface area contributed by atoms with Gasteiger partial charge in [-0.2, -0.15) is 0 Å². The third kappa shape index (κ3) is 2.97. The lowest BCUT2D eigenvalue weighted by Gasteiger charge is -2.56. The van der Waals surface area contributed by atoms with Crippen molar-refractivity contribution < 1.29 is 18.0 Å². The van der Waals surface area contributed by atoms with Crippen LogP contribution < -0.4 is 0 Å². The molecular weight excluding hydrogens is 444 g/mol. The molecule has 2 fully saturated rings. The van der Waals surface area contributed by atoms with Gasteiger partial charge < -0.3 is 4.90 Å². The first kappa shape index (κ1) is 20.8. The lowest BCUT2D eigenvalue weighted by Crippen LogP contribution is -2.76. The predicted molar refractivity (Wildman–Crippen MR) is 122 cm³/mol. The Labute approximate surface area is 190 Å². The number of hydrogen-bond donors (Lipinski definition) is 0. The molecule has 0 bridgehead atoms. The van der Waals surface area contributed by atoms with Crippen molar-refractivity contribution in [2.45, 2.75) is 16.5 Å². The van der Waals surface area contributed by atoms with Gasteiger partial charge in [0.2, 0.25) is 0 Å². The topological polar surface area (TPSA) is 74.8 Å². The van der Waals surface area contributed by atoms with E-state index in [1.807, 2.05) is 24.3 Å². The highest BCUT2D eigenvalue weighted by Gasteiger charge is 2.70. The Morgan fingerprint density at radius 3 is 2.06 bits per heavy atom. The molecule has 0 N–H and O–H groups in total. The van der Waals surface area contributed by atoms with Gasteiger partial charge >= 0.3 is 0 Å². The maximum absolute atomic E-state index is 13.7. The maximum atomic E-state index is 13.7. The van der Waals surface area contributed by atoms with E-state index in [1.165, 1.54) is 23.9 Å². The molecule has 3 aromatic carbocycles. The van der Waals surface area contributed by atoms with Gasteiger partial charge in [0.15, 0.2) is 5.54 Å². The molecule has 0 unspecified atom stereocenters. The fourth-order valence-corrected chi connectivity index (χ4v) is 7.47. The standard InChI is InChI=1S/C24H20N2O4S2/c27-22(19-12-6-2-7-13-19)25-17-31-16-24(25)21(18-10-4-1-5-11-18)26(23(24)28)32(29,30)20-14-8-3-9-15-20/h1-15,21H,16-17H2/t21-,24-/m0/s1. The highest BCUT2D eigenvalue weighted by Crippen LogP contribution is 2.54. The molecule has 2 aliphatic rings. The molecule has 2 atom stereocenters. The Balaban J connectivity index is 1.63. The van der Waals surface area contributed by atoms with Crippen molar-refractivity contribution in [3.8, 4) is 0 Å². The van der Waals surface area contributed by atoms with E-state index in [1.54, 1.807) is 59.5 Å². The summed E-state index contributed by atoms with van der Waals surface area (Å²) in [6.07, 6.45) is 0. The second-order valence-corrected chi connectivity index (χ2v) is 10.5. The minimum Gasteiger partial charge on any atom is -0.311 e. The van der Waals surface area contributed by atoms with Gasteiger partial charge in [0, 0.05) is 11.3 Å². The number of carbonyl (C=O) groups excluding carboxylic acids is 2. The first-order valence-corrected chi connectivity index (χ1v) is 12.7. The molecule has 2 aliphatic heterocycles. The number of carbonyl (C=O) groups is 2. The zero-order chi connectivity index (χ0) is 22.3. The zero-order valence-corrected chi connectivity index (χ0v) is 18.6. The maximum Gasteiger partial charge on any atom is 0.267 e. The third-order valence-electron chi connectivity index (χ3n) is 5.96. The number of thioether (sulfide) groups is 1. The number of hydrogen-bond acceptors (Lipinski definition) is 5. The van der Waals surface area contributed by atoms with Crippen molar-refractivity contribution in [2.75, 3.05) is 11.6 Å². The van der Waals surface area contributed by atoms with Crippen LogP contribution in [0, 0.1) is 0 Å². The Bertz CT molecular complexity index is 1270. The third-order valence-corrected chi connectivity index (χ3v) is 8.81. The van der Waals surface area contributed by atoms with Gasteiger partial charge in [-0.15, -0.1) is 11.8 Å². The molecule has 2 heterocycles. The lowest BCUT2D eigenvalue weighted by molar-refractivity contribution is -0.157. The summed E-state index contributed by atoms with van der Waals surface area (Å²) in [5.74, 6) is -0.182. The van der Waals surface area contributed by atoms with Crippen molar-refractivity contribution in [2.24, 2.45) is 0 Å². The van der Waals surface area contributed by atoms with Gasteiger partial charge in [-0.3, -0.25) is 9.59 Å². The van der Waals surface area contributed by atoms with Crippen molar-refractivity contribution in [3.63, 3.8) is 0 Å². The van der Waals surface area contributed by atoms with Gasteiger partial charge in [-0.05, 0) is 29.8 Å². The van der Waals surface area contributed by atoms with E-state index in [0.717, 1.165) is 4.31 Å². The van der Waals surface area contributed by atoms with Crippen molar-refractivity contribution in [1.82, 2.24) is 9.21 Å². The Morgan fingerprint density at radius 2 is 1.44 bits per heavy atom. The first-order chi connectivity index (χ1) is 15.5. The Kier molecular flexibility index (Phi) is 5.06. The van der Waals surface area contributed by atoms with Gasteiger partial charge in [0.25, 0.3) is 21.8 Å². The number of amides is 2. The normalized spacial score (nSPS) is 22.8. The molecular formula is C24H20N2O4S2. The second-order valence-electron chi connectivity index (χ2n) is 7.73. The lowest BCUT2D eigenvalue weighted by atomic mass is 9.77. The molecule has 0 saturated carbocycles. The average molecular weight is 465 g/mol. The van der Waals surface area contributed by atoms with Crippen LogP contribution in [0.25, 0.3) is 0 Å². The van der Waals surface area contributed by atoms with Gasteiger partial charge in [-0.1, -0.05) is 66.7 Å². The van der Waals surface area contributed by atoms with Crippen molar-refractivity contribution >= 4 is 33.6 Å². The second kappa shape index (κ2) is 7.79. The first-order valence-electron chi connectivity index (χ1n) is 10.1. The average Bonchev–Trinajstić information content (AvgIpc) is 3.31. The minimum atomic E-state index is -4.09. The van der Waals surface area contributed by atoms with Gasteiger partial charge in [-0.25, -0.2) is 12.7 Å². The van der Waals surface area contributed by atoms with E-state index >= 15 is 0 Å². The predicted octanol–water partition coefficient (Wildman–Crippen LogP) is 3.54. The van der Waals surface area contributed by atoms with Crippen LogP contribution >= 0.6 is 11.8 Å². The summed E-state index contributed by atoms with van der Waals surface area (Å²) in [5.41, 5.74) is -0.0980. The molecule has 0 radical (unpaired) electrons. The van der Waals surface area contributed by atoms with Crippen molar-refractivity contribution in [3.05, 3.63) is 102 Å². The van der Waals surface area contributed by atoms with Crippen LogP contribution in [0.1, 0.15) is 22.0 Å². The molecule has 8 heteroatoms. The van der Waals surface area contributed by atoms with Crippen LogP contribution in [0.2, 0.25) is 0 Å². The number of β-lactam (4-membered cyclic amide) rings is 1. The monoisotopic (exact) mass is 464 g/mol. The fraction of sp³-hybridized carbons (Fsp3) is 0.167. The number of nitrogens with zero attached hydrogens (tertiary/aromatic N) is 2. The van der Waals surface area contributed by atoms with Gasteiger partial charge in [0.1, 0.15) is 6.04 Å². The van der Waals surface area contributed by atoms with Crippen LogP contribution in [-0.2, 0) is 14.8 Å². The summed E-state index contributed by atoms with van der Waals surface area (Å²) in [7, 11) is -4.09. The van der Waals surface area contributed by atoms with Gasteiger partial charge in [0.05, 0.1) is 10.8 Å². The summed E-state index contributed by atoms with van der Waals surface area (Å²) in [4.78, 5) is 28.7. The number of benzene rings is 3. The van der Waals surface area contributed by atoms with Crippen LogP contribution in [-0.4, -0.2) is 46.6 Å². The Morgan fingerprint density at radius 1 is 0.875 bits per heavy atom. The molecule has 0 aliphatic carbocycles. The molecule has 162 valence electrons. The summed E-state index contributed by atoms with van der Waals surface area (Å²) in [5, 5.41) is 0. The van der Waals surface area contributed by atoms with E-state index in [0.29, 0.717) is 22.8 Å². The molecule has 6 nitrogen and oxygen atoms in total. The van der Waals surface area contributed by atoms with Crippen LogP contribution in [0.4, 0.5) is 0 Å². The summed E-state index contributed by atoms with van der Waals surface area (Å²) in [6, 6.07) is 25.0. The highest BCUT2D eigenvalue weighted by atomic mass is 32.2. The van der Waals surface area contributed by atoms with Crippen LogP contribution in [0.3, 0.4) is 0 Å². The molecule has 5 rings (SSSR count). The molecule has 3 aromatic rings. The molecule has 0 aromatic heterocycles. The van der Waals surface area contributed by atoms with E-state index < -0.39 is 27.5 Å². The highest BCUT2D eigenvalue weighted by molar-refractivity contribution is 7.99. The van der Waals surface area contributed by atoms with E-state index in [-0.39, 0.29) is 10.8 Å². The molecule has 2 saturated heterocycles. The minimum absolute atomic E-state index is 0.0516. The van der Waals surface area contributed by atoms with E-state index in [9.17, 15) is 18.0 Å². The van der Waals surface area contributed by atoms with E-state index in [4.69, 9.17) is 0 Å². The smallest absolute Gasteiger partial charge is 0.267 e. The quantitative estimate of drug-likeness (QED) is 0.552. The summed E-state index contributed by atoms with van der Waals surface area (Å²) < 4.78 is 27.9. The summed E-state index contributed by atoms with van der Waals surface area (Å²) >= 11 is 1.46. The molecule has 32 heavy (non-hydrogen) atoms. The van der Waals surface area contributed by atoms with Crippen molar-refractivity contribution in [1.29, 1.82) is 0 Å². The fourth-order valence-electron chi connectivity index (χ4n) is 4.42. The molecule has 2 amide bonds.